The van der Waals surface area contributed by atoms with Crippen LogP contribution < -0.4 is 5.32 Å². The Bertz CT molecular complexity index is 674. The van der Waals surface area contributed by atoms with Crippen molar-refractivity contribution in [1.82, 2.24) is 4.98 Å². The minimum absolute atomic E-state index is 0.0730. The number of nitrogens with one attached hydrogen (secondary N) is 1. The fraction of sp³-hybridized carbons (Fsp3) is 0.133. The standard InChI is InChI=1S/C15H14N2O2/c18-10-12-3-1-11(2-4-12)9-17-15-13-6-8-19-14(13)5-7-16-15/h1-8,18H,9-10H2,(H,16,17). The second kappa shape index (κ2) is 5.12. The molecule has 0 saturated heterocycles. The summed E-state index contributed by atoms with van der Waals surface area (Å²) in [6, 6.07) is 11.6. The Hall–Kier alpha value is -2.33. The molecule has 19 heavy (non-hydrogen) atoms. The molecular weight excluding hydrogens is 240 g/mol. The van der Waals surface area contributed by atoms with Gasteiger partial charge in [-0.2, -0.15) is 0 Å². The van der Waals surface area contributed by atoms with Gasteiger partial charge in [-0.15, -0.1) is 0 Å². The topological polar surface area (TPSA) is 58.3 Å². The van der Waals surface area contributed by atoms with Crippen LogP contribution in [0.4, 0.5) is 5.82 Å². The number of hydrogen-bond acceptors (Lipinski definition) is 4. The summed E-state index contributed by atoms with van der Waals surface area (Å²) < 4.78 is 5.33. The largest absolute Gasteiger partial charge is 0.464 e. The molecule has 3 rings (SSSR count). The van der Waals surface area contributed by atoms with E-state index in [1.807, 2.05) is 36.4 Å². The maximum absolute atomic E-state index is 9.00. The van der Waals surface area contributed by atoms with E-state index in [-0.39, 0.29) is 6.61 Å². The average Bonchev–Trinajstić information content (AvgIpc) is 2.94. The van der Waals surface area contributed by atoms with Crippen molar-refractivity contribution in [2.45, 2.75) is 13.2 Å². The van der Waals surface area contributed by atoms with Crippen molar-refractivity contribution in [3.63, 3.8) is 0 Å². The highest BCUT2D eigenvalue weighted by molar-refractivity contribution is 5.87. The van der Waals surface area contributed by atoms with Crippen LogP contribution in [0.25, 0.3) is 11.0 Å². The fourth-order valence-corrected chi connectivity index (χ4v) is 1.98. The van der Waals surface area contributed by atoms with Gasteiger partial charge in [-0.05, 0) is 23.3 Å². The molecule has 1 aromatic carbocycles. The van der Waals surface area contributed by atoms with Crippen molar-refractivity contribution in [1.29, 1.82) is 0 Å². The number of aliphatic hydroxyl groups is 1. The van der Waals surface area contributed by atoms with Gasteiger partial charge in [-0.1, -0.05) is 24.3 Å². The molecular formula is C15H14N2O2. The second-order valence-electron chi connectivity index (χ2n) is 4.32. The Morgan fingerprint density at radius 3 is 2.63 bits per heavy atom. The number of aliphatic hydroxyl groups excluding tert-OH is 1. The number of furan rings is 1. The summed E-state index contributed by atoms with van der Waals surface area (Å²) in [6.45, 7) is 0.757. The van der Waals surface area contributed by atoms with E-state index in [9.17, 15) is 0 Å². The number of benzene rings is 1. The summed E-state index contributed by atoms with van der Waals surface area (Å²) in [4.78, 5) is 4.32. The number of hydrogen-bond donors (Lipinski definition) is 2. The molecule has 0 fully saturated rings. The number of pyridine rings is 1. The van der Waals surface area contributed by atoms with Crippen molar-refractivity contribution in [3.8, 4) is 0 Å². The molecule has 0 unspecified atom stereocenters. The molecule has 4 nitrogen and oxygen atoms in total. The summed E-state index contributed by atoms with van der Waals surface area (Å²) >= 11 is 0. The van der Waals surface area contributed by atoms with E-state index in [0.29, 0.717) is 6.54 Å². The van der Waals surface area contributed by atoms with E-state index in [1.165, 1.54) is 0 Å². The zero-order chi connectivity index (χ0) is 13.1. The second-order valence-corrected chi connectivity index (χ2v) is 4.32. The Kier molecular flexibility index (Phi) is 3.16. The number of rotatable bonds is 4. The van der Waals surface area contributed by atoms with Crippen LogP contribution in [-0.4, -0.2) is 10.1 Å². The first-order valence-electron chi connectivity index (χ1n) is 6.11. The zero-order valence-electron chi connectivity index (χ0n) is 10.3. The highest BCUT2D eigenvalue weighted by atomic mass is 16.3. The highest BCUT2D eigenvalue weighted by Crippen LogP contribution is 2.22. The van der Waals surface area contributed by atoms with Crippen molar-refractivity contribution in [2.24, 2.45) is 0 Å². The average molecular weight is 254 g/mol. The minimum atomic E-state index is 0.0730. The van der Waals surface area contributed by atoms with Gasteiger partial charge in [0.15, 0.2) is 0 Å². The lowest BCUT2D eigenvalue weighted by atomic mass is 10.1. The van der Waals surface area contributed by atoms with Crippen LogP contribution >= 0.6 is 0 Å². The van der Waals surface area contributed by atoms with Crippen molar-refractivity contribution < 1.29 is 9.52 Å². The van der Waals surface area contributed by atoms with Gasteiger partial charge in [-0.25, -0.2) is 4.98 Å². The lowest BCUT2D eigenvalue weighted by molar-refractivity contribution is 0.282. The van der Waals surface area contributed by atoms with Crippen LogP contribution in [0.5, 0.6) is 0 Å². The normalized spacial score (nSPS) is 10.8. The fourth-order valence-electron chi connectivity index (χ4n) is 1.98. The minimum Gasteiger partial charge on any atom is -0.464 e. The molecule has 0 aliphatic carbocycles. The van der Waals surface area contributed by atoms with Crippen LogP contribution in [0.15, 0.2) is 53.3 Å². The number of fused-ring (bicyclic) bond motifs is 1. The summed E-state index contributed by atoms with van der Waals surface area (Å²) in [7, 11) is 0. The van der Waals surface area contributed by atoms with E-state index in [4.69, 9.17) is 9.52 Å². The molecule has 0 aliphatic heterocycles. The number of aromatic nitrogens is 1. The quantitative estimate of drug-likeness (QED) is 0.751. The van der Waals surface area contributed by atoms with E-state index in [1.54, 1.807) is 12.5 Å². The third-order valence-corrected chi connectivity index (χ3v) is 3.05. The summed E-state index contributed by atoms with van der Waals surface area (Å²) in [6.07, 6.45) is 3.39. The first-order chi connectivity index (χ1) is 9.36. The predicted molar refractivity (Wildman–Crippen MR) is 73.7 cm³/mol. The van der Waals surface area contributed by atoms with Gasteiger partial charge in [0.1, 0.15) is 11.4 Å². The molecule has 3 aromatic rings. The highest BCUT2D eigenvalue weighted by Gasteiger charge is 2.04. The number of anilines is 1. The van der Waals surface area contributed by atoms with Crippen molar-refractivity contribution >= 4 is 16.8 Å². The van der Waals surface area contributed by atoms with Gasteiger partial charge in [-0.3, -0.25) is 0 Å². The van der Waals surface area contributed by atoms with Crippen molar-refractivity contribution in [2.75, 3.05) is 5.32 Å². The molecule has 2 heterocycles. The molecule has 2 aromatic heterocycles. The van der Waals surface area contributed by atoms with E-state index >= 15 is 0 Å². The Labute approximate surface area is 110 Å². The van der Waals surface area contributed by atoms with E-state index in [2.05, 4.69) is 10.3 Å². The maximum Gasteiger partial charge on any atom is 0.139 e. The van der Waals surface area contributed by atoms with Crippen LogP contribution in [-0.2, 0) is 13.2 Å². The molecule has 0 aliphatic rings. The van der Waals surface area contributed by atoms with Gasteiger partial charge in [0, 0.05) is 12.7 Å². The van der Waals surface area contributed by atoms with Crippen LogP contribution in [0, 0.1) is 0 Å². The Morgan fingerprint density at radius 1 is 1.05 bits per heavy atom. The lowest BCUT2D eigenvalue weighted by Gasteiger charge is -2.07. The van der Waals surface area contributed by atoms with Crippen molar-refractivity contribution in [3.05, 3.63) is 60.0 Å². The molecule has 96 valence electrons. The number of nitrogens with zero attached hydrogens (tertiary/aromatic N) is 1. The molecule has 0 saturated carbocycles. The third kappa shape index (κ3) is 2.44. The van der Waals surface area contributed by atoms with E-state index in [0.717, 1.165) is 27.9 Å². The summed E-state index contributed by atoms with van der Waals surface area (Å²) in [5.74, 6) is 0.817. The van der Waals surface area contributed by atoms with Gasteiger partial charge >= 0.3 is 0 Å². The molecule has 0 bridgehead atoms. The zero-order valence-corrected chi connectivity index (χ0v) is 10.3. The molecule has 4 heteroatoms. The van der Waals surface area contributed by atoms with E-state index < -0.39 is 0 Å². The van der Waals surface area contributed by atoms with Gasteiger partial charge in [0.05, 0.1) is 18.3 Å². The third-order valence-electron chi connectivity index (χ3n) is 3.05. The first kappa shape index (κ1) is 11.7. The molecule has 0 amide bonds. The maximum atomic E-state index is 9.00. The summed E-state index contributed by atoms with van der Waals surface area (Å²) in [5.41, 5.74) is 2.88. The molecule has 2 N–H and O–H groups in total. The SMILES string of the molecule is OCc1ccc(CNc2nccc3occc23)cc1. The predicted octanol–water partition coefficient (Wildman–Crippen LogP) is 2.93. The monoisotopic (exact) mass is 254 g/mol. The Balaban J connectivity index is 1.76. The summed E-state index contributed by atoms with van der Waals surface area (Å²) in [5, 5.41) is 13.3. The van der Waals surface area contributed by atoms with Crippen LogP contribution in [0.2, 0.25) is 0 Å². The molecule has 0 radical (unpaired) electrons. The van der Waals surface area contributed by atoms with Crippen LogP contribution in [0.3, 0.4) is 0 Å². The molecule has 0 spiro atoms. The van der Waals surface area contributed by atoms with Gasteiger partial charge in [0.25, 0.3) is 0 Å². The van der Waals surface area contributed by atoms with Crippen LogP contribution in [0.1, 0.15) is 11.1 Å². The first-order valence-corrected chi connectivity index (χ1v) is 6.11. The smallest absolute Gasteiger partial charge is 0.139 e. The van der Waals surface area contributed by atoms with Gasteiger partial charge in [0.2, 0.25) is 0 Å². The molecule has 0 atom stereocenters. The Morgan fingerprint density at radius 2 is 1.84 bits per heavy atom. The lowest BCUT2D eigenvalue weighted by Crippen LogP contribution is -2.01. The van der Waals surface area contributed by atoms with Gasteiger partial charge < -0.3 is 14.8 Å².